The lowest BCUT2D eigenvalue weighted by Gasteiger charge is -2.14. The molecule has 1 fully saturated rings. The number of hydrogen-bond donors (Lipinski definition) is 2. The van der Waals surface area contributed by atoms with Gasteiger partial charge in [-0.3, -0.25) is 10.1 Å². The highest BCUT2D eigenvalue weighted by atomic mass is 16.4. The normalized spacial score (nSPS) is 17.4. The summed E-state index contributed by atoms with van der Waals surface area (Å²) in [7, 11) is 0. The van der Waals surface area contributed by atoms with Gasteiger partial charge in [-0.15, -0.1) is 0 Å². The molecule has 0 radical (unpaired) electrons. The number of benzene rings is 1. The molecule has 2 N–H and O–H groups in total. The molecule has 1 saturated carbocycles. The number of aliphatic carboxylic acids is 1. The minimum atomic E-state index is -0.800. The first-order chi connectivity index (χ1) is 7.16. The van der Waals surface area contributed by atoms with Gasteiger partial charge >= 0.3 is 5.97 Å². The summed E-state index contributed by atoms with van der Waals surface area (Å²) in [6, 6.07) is 7.48. The van der Waals surface area contributed by atoms with E-state index in [2.05, 4.69) is 5.32 Å². The van der Waals surface area contributed by atoms with E-state index in [4.69, 9.17) is 5.11 Å². The van der Waals surface area contributed by atoms with Crippen LogP contribution in [0.15, 0.2) is 24.3 Å². The van der Waals surface area contributed by atoms with E-state index in [1.807, 2.05) is 31.2 Å². The number of aryl methyl sites for hydroxylation is 1. The van der Waals surface area contributed by atoms with Crippen LogP contribution in [0.4, 0.5) is 0 Å². The predicted octanol–water partition coefficient (Wildman–Crippen LogP) is 1.87. The second-order valence-corrected chi connectivity index (χ2v) is 4.12. The highest BCUT2D eigenvalue weighted by Gasteiger charge is 2.28. The lowest BCUT2D eigenvalue weighted by Crippen LogP contribution is -2.30. The van der Waals surface area contributed by atoms with Crippen molar-refractivity contribution in [3.63, 3.8) is 0 Å². The zero-order chi connectivity index (χ0) is 10.8. The smallest absolute Gasteiger partial charge is 0.325 e. The van der Waals surface area contributed by atoms with Gasteiger partial charge in [-0.1, -0.05) is 29.8 Å². The van der Waals surface area contributed by atoms with Gasteiger partial charge in [-0.25, -0.2) is 0 Å². The Bertz CT molecular complexity index is 354. The molecule has 0 spiro atoms. The Morgan fingerprint density at radius 2 is 2.00 bits per heavy atom. The van der Waals surface area contributed by atoms with Crippen LogP contribution in [0.3, 0.4) is 0 Å². The van der Waals surface area contributed by atoms with Gasteiger partial charge in [0, 0.05) is 6.04 Å². The van der Waals surface area contributed by atoms with Crippen LogP contribution < -0.4 is 5.32 Å². The van der Waals surface area contributed by atoms with E-state index in [0.29, 0.717) is 6.04 Å². The third-order valence-corrected chi connectivity index (χ3v) is 2.64. The molecule has 3 nitrogen and oxygen atoms in total. The Morgan fingerprint density at radius 1 is 1.40 bits per heavy atom. The average Bonchev–Trinajstić information content (AvgIpc) is 2.99. The van der Waals surface area contributed by atoms with Crippen molar-refractivity contribution >= 4 is 5.97 Å². The molecule has 1 aromatic rings. The molecule has 1 unspecified atom stereocenters. The lowest BCUT2D eigenvalue weighted by molar-refractivity contribution is -0.139. The summed E-state index contributed by atoms with van der Waals surface area (Å²) in [4.78, 5) is 11.1. The number of nitrogens with one attached hydrogen (secondary N) is 1. The first kappa shape index (κ1) is 10.2. The van der Waals surface area contributed by atoms with Gasteiger partial charge in [0.2, 0.25) is 0 Å². The fourth-order valence-electron chi connectivity index (χ4n) is 1.55. The SMILES string of the molecule is Cc1ccc(C(NC2CC2)C(=O)O)cc1. The van der Waals surface area contributed by atoms with Gasteiger partial charge in [-0.2, -0.15) is 0 Å². The molecule has 0 saturated heterocycles. The first-order valence-corrected chi connectivity index (χ1v) is 5.22. The highest BCUT2D eigenvalue weighted by Crippen LogP contribution is 2.24. The molecule has 1 aliphatic carbocycles. The zero-order valence-electron chi connectivity index (χ0n) is 8.73. The molecule has 15 heavy (non-hydrogen) atoms. The van der Waals surface area contributed by atoms with Crippen LogP contribution in [0, 0.1) is 6.92 Å². The molecule has 0 bridgehead atoms. The third-order valence-electron chi connectivity index (χ3n) is 2.64. The zero-order valence-corrected chi connectivity index (χ0v) is 8.73. The predicted molar refractivity (Wildman–Crippen MR) is 57.7 cm³/mol. The van der Waals surface area contributed by atoms with E-state index in [1.165, 1.54) is 0 Å². The van der Waals surface area contributed by atoms with Gasteiger partial charge in [0.25, 0.3) is 0 Å². The summed E-state index contributed by atoms with van der Waals surface area (Å²) < 4.78 is 0. The van der Waals surface area contributed by atoms with E-state index in [1.54, 1.807) is 0 Å². The molecule has 0 aromatic heterocycles. The second-order valence-electron chi connectivity index (χ2n) is 4.12. The quantitative estimate of drug-likeness (QED) is 0.789. The third kappa shape index (κ3) is 2.57. The molecule has 3 heteroatoms. The molecular weight excluding hydrogens is 190 g/mol. The van der Waals surface area contributed by atoms with E-state index >= 15 is 0 Å². The van der Waals surface area contributed by atoms with Crippen LogP contribution in [0.2, 0.25) is 0 Å². The minimum absolute atomic E-state index is 0.396. The van der Waals surface area contributed by atoms with Crippen molar-refractivity contribution in [2.24, 2.45) is 0 Å². The second kappa shape index (κ2) is 4.03. The molecule has 0 heterocycles. The topological polar surface area (TPSA) is 49.3 Å². The van der Waals surface area contributed by atoms with Crippen LogP contribution in [0.5, 0.6) is 0 Å². The Hall–Kier alpha value is -1.35. The molecule has 1 atom stereocenters. The van der Waals surface area contributed by atoms with E-state index < -0.39 is 12.0 Å². The molecule has 1 aromatic carbocycles. The van der Waals surface area contributed by atoms with Gasteiger partial charge in [-0.05, 0) is 25.3 Å². The van der Waals surface area contributed by atoms with E-state index in [9.17, 15) is 4.79 Å². The van der Waals surface area contributed by atoms with Crippen molar-refractivity contribution in [2.75, 3.05) is 0 Å². The number of hydrogen-bond acceptors (Lipinski definition) is 2. The number of carbonyl (C=O) groups is 1. The van der Waals surface area contributed by atoms with Crippen molar-refractivity contribution in [1.82, 2.24) is 5.32 Å². The van der Waals surface area contributed by atoms with Crippen molar-refractivity contribution < 1.29 is 9.90 Å². The van der Waals surface area contributed by atoms with Gasteiger partial charge in [0.05, 0.1) is 0 Å². The van der Waals surface area contributed by atoms with Crippen LogP contribution in [0.1, 0.15) is 30.0 Å². The molecule has 80 valence electrons. The average molecular weight is 205 g/mol. The molecule has 0 aliphatic heterocycles. The van der Waals surface area contributed by atoms with Crippen molar-refractivity contribution in [3.8, 4) is 0 Å². The number of carboxylic acid groups (broad SMARTS) is 1. The number of rotatable bonds is 4. The molecule has 1 aliphatic rings. The maximum atomic E-state index is 11.1. The van der Waals surface area contributed by atoms with Crippen LogP contribution in [-0.4, -0.2) is 17.1 Å². The van der Waals surface area contributed by atoms with Crippen LogP contribution in [0.25, 0.3) is 0 Å². The monoisotopic (exact) mass is 205 g/mol. The van der Waals surface area contributed by atoms with Crippen molar-refractivity contribution in [1.29, 1.82) is 0 Å². The minimum Gasteiger partial charge on any atom is -0.480 e. The summed E-state index contributed by atoms with van der Waals surface area (Å²) in [5, 5.41) is 12.2. The van der Waals surface area contributed by atoms with Crippen molar-refractivity contribution in [3.05, 3.63) is 35.4 Å². The summed E-state index contributed by atoms with van der Waals surface area (Å²) >= 11 is 0. The Kier molecular flexibility index (Phi) is 2.73. The summed E-state index contributed by atoms with van der Waals surface area (Å²) in [5.74, 6) is -0.800. The molecule has 0 amide bonds. The standard InChI is InChI=1S/C12H15NO2/c1-8-2-4-9(5-3-8)11(12(14)15)13-10-6-7-10/h2-5,10-11,13H,6-7H2,1H3,(H,14,15). The largest absolute Gasteiger partial charge is 0.480 e. The van der Waals surface area contributed by atoms with Crippen LogP contribution in [-0.2, 0) is 4.79 Å². The number of carboxylic acids is 1. The van der Waals surface area contributed by atoms with Gasteiger partial charge in [0.1, 0.15) is 6.04 Å². The Labute approximate surface area is 89.1 Å². The fraction of sp³-hybridized carbons (Fsp3) is 0.417. The van der Waals surface area contributed by atoms with Gasteiger partial charge in [0.15, 0.2) is 0 Å². The fourth-order valence-corrected chi connectivity index (χ4v) is 1.55. The lowest BCUT2D eigenvalue weighted by atomic mass is 10.1. The Balaban J connectivity index is 2.15. The summed E-state index contributed by atoms with van der Waals surface area (Å²) in [6.07, 6.45) is 2.19. The summed E-state index contributed by atoms with van der Waals surface area (Å²) in [6.45, 7) is 1.99. The Morgan fingerprint density at radius 3 is 2.47 bits per heavy atom. The highest BCUT2D eigenvalue weighted by molar-refractivity contribution is 5.75. The molecular formula is C12H15NO2. The maximum Gasteiger partial charge on any atom is 0.325 e. The van der Waals surface area contributed by atoms with Crippen LogP contribution >= 0.6 is 0 Å². The first-order valence-electron chi connectivity index (χ1n) is 5.22. The van der Waals surface area contributed by atoms with E-state index in [0.717, 1.165) is 24.0 Å². The maximum absolute atomic E-state index is 11.1. The van der Waals surface area contributed by atoms with E-state index in [-0.39, 0.29) is 0 Å². The summed E-state index contributed by atoms with van der Waals surface area (Å²) in [5.41, 5.74) is 1.98. The van der Waals surface area contributed by atoms with Gasteiger partial charge < -0.3 is 5.11 Å². The van der Waals surface area contributed by atoms with Crippen molar-refractivity contribution in [2.45, 2.75) is 31.8 Å². The molecule has 2 rings (SSSR count).